The average molecular weight is 458 g/mol. The molecular weight excluding hydrogens is 430 g/mol. The number of hydrogen-bond donors (Lipinski definition) is 2. The van der Waals surface area contributed by atoms with Gasteiger partial charge < -0.3 is 15.4 Å². The predicted molar refractivity (Wildman–Crippen MR) is 119 cm³/mol. The van der Waals surface area contributed by atoms with Gasteiger partial charge in [-0.3, -0.25) is 9.59 Å². The number of benzene rings is 2. The van der Waals surface area contributed by atoms with E-state index in [1.54, 1.807) is 12.1 Å². The number of carbonyl (C=O) groups is 2. The first-order valence-corrected chi connectivity index (χ1v) is 12.2. The molecule has 2 fully saturated rings. The van der Waals surface area contributed by atoms with Crippen LogP contribution in [0.5, 0.6) is 0 Å². The molecule has 1 saturated carbocycles. The first kappa shape index (κ1) is 22.4. The largest absolute Gasteiger partial charge is 0.379 e. The summed E-state index contributed by atoms with van der Waals surface area (Å²) < 4.78 is 32.5. The van der Waals surface area contributed by atoms with E-state index in [1.807, 2.05) is 30.3 Å². The fraction of sp³-hybridized carbons (Fsp3) is 0.391. The molecule has 2 aromatic rings. The molecule has 2 N–H and O–H groups in total. The van der Waals surface area contributed by atoms with Gasteiger partial charge in [0.25, 0.3) is 5.91 Å². The van der Waals surface area contributed by atoms with Gasteiger partial charge in [-0.2, -0.15) is 4.31 Å². The second kappa shape index (κ2) is 9.81. The Morgan fingerprint density at radius 1 is 1.03 bits per heavy atom. The molecular formula is C23H27N3O5S. The maximum Gasteiger partial charge on any atom is 0.251 e. The molecule has 2 aliphatic rings. The molecule has 1 aliphatic heterocycles. The third kappa shape index (κ3) is 5.53. The SMILES string of the molecule is O=C(NC(Cc1ccccc1)C(=O)NC1CC1)c1cccc(S(=O)(=O)N2CCOCC2)c1. The number of carbonyl (C=O) groups excluding carboxylic acids is 2. The second-order valence-corrected chi connectivity index (χ2v) is 9.98. The zero-order valence-electron chi connectivity index (χ0n) is 17.7. The number of hydrogen-bond acceptors (Lipinski definition) is 5. The second-order valence-electron chi connectivity index (χ2n) is 8.04. The monoisotopic (exact) mass is 457 g/mol. The lowest BCUT2D eigenvalue weighted by Gasteiger charge is -2.26. The average Bonchev–Trinajstić information content (AvgIpc) is 3.64. The summed E-state index contributed by atoms with van der Waals surface area (Å²) in [4.78, 5) is 25.8. The van der Waals surface area contributed by atoms with E-state index in [2.05, 4.69) is 10.6 Å². The Kier molecular flexibility index (Phi) is 6.88. The van der Waals surface area contributed by atoms with Crippen molar-refractivity contribution in [2.24, 2.45) is 0 Å². The molecule has 8 nitrogen and oxygen atoms in total. The van der Waals surface area contributed by atoms with Crippen molar-refractivity contribution in [2.45, 2.75) is 36.2 Å². The van der Waals surface area contributed by atoms with Gasteiger partial charge in [0.15, 0.2) is 0 Å². The lowest BCUT2D eigenvalue weighted by atomic mass is 10.0. The van der Waals surface area contributed by atoms with Crippen LogP contribution in [-0.2, 0) is 26.0 Å². The number of ether oxygens (including phenoxy) is 1. The molecule has 1 aliphatic carbocycles. The van der Waals surface area contributed by atoms with Gasteiger partial charge in [-0.25, -0.2) is 8.42 Å². The van der Waals surface area contributed by atoms with Gasteiger partial charge in [0.05, 0.1) is 18.1 Å². The summed E-state index contributed by atoms with van der Waals surface area (Å²) in [6, 6.07) is 14.8. The fourth-order valence-corrected chi connectivity index (χ4v) is 5.02. The Balaban J connectivity index is 1.51. The van der Waals surface area contributed by atoms with E-state index in [1.165, 1.54) is 16.4 Å². The molecule has 2 aromatic carbocycles. The zero-order valence-corrected chi connectivity index (χ0v) is 18.5. The Morgan fingerprint density at radius 3 is 2.44 bits per heavy atom. The summed E-state index contributed by atoms with van der Waals surface area (Å²) >= 11 is 0. The Morgan fingerprint density at radius 2 is 1.75 bits per heavy atom. The van der Waals surface area contributed by atoms with Crippen molar-refractivity contribution in [3.8, 4) is 0 Å². The number of rotatable bonds is 8. The minimum Gasteiger partial charge on any atom is -0.379 e. The van der Waals surface area contributed by atoms with E-state index in [9.17, 15) is 18.0 Å². The highest BCUT2D eigenvalue weighted by molar-refractivity contribution is 7.89. The molecule has 0 radical (unpaired) electrons. The van der Waals surface area contributed by atoms with Gasteiger partial charge in [-0.1, -0.05) is 36.4 Å². The molecule has 32 heavy (non-hydrogen) atoms. The van der Waals surface area contributed by atoms with Crippen LogP contribution in [0.25, 0.3) is 0 Å². The third-order valence-corrected chi connectivity index (χ3v) is 7.43. The highest BCUT2D eigenvalue weighted by Gasteiger charge is 2.30. The van der Waals surface area contributed by atoms with Gasteiger partial charge in [0.1, 0.15) is 6.04 Å². The molecule has 0 aromatic heterocycles. The molecule has 9 heteroatoms. The van der Waals surface area contributed by atoms with Crippen LogP contribution in [0.3, 0.4) is 0 Å². The normalized spacial score (nSPS) is 18.0. The van der Waals surface area contributed by atoms with E-state index in [4.69, 9.17) is 4.74 Å². The fourth-order valence-electron chi connectivity index (χ4n) is 3.56. The third-order valence-electron chi connectivity index (χ3n) is 5.53. The minimum atomic E-state index is -3.72. The maximum absolute atomic E-state index is 13.0. The van der Waals surface area contributed by atoms with Gasteiger partial charge >= 0.3 is 0 Å². The highest BCUT2D eigenvalue weighted by Crippen LogP contribution is 2.20. The van der Waals surface area contributed by atoms with Gasteiger partial charge in [-0.15, -0.1) is 0 Å². The number of amides is 2. The van der Waals surface area contributed by atoms with Crippen LogP contribution >= 0.6 is 0 Å². The van der Waals surface area contributed by atoms with Crippen LogP contribution in [0.2, 0.25) is 0 Å². The van der Waals surface area contributed by atoms with E-state index in [-0.39, 0.29) is 35.5 Å². The molecule has 4 rings (SSSR count). The number of sulfonamides is 1. The van der Waals surface area contributed by atoms with Crippen LogP contribution < -0.4 is 10.6 Å². The quantitative estimate of drug-likeness (QED) is 0.622. The summed E-state index contributed by atoms with van der Waals surface area (Å²) in [6.45, 7) is 1.24. The molecule has 0 spiro atoms. The molecule has 1 unspecified atom stereocenters. The molecule has 0 bridgehead atoms. The molecule has 1 heterocycles. The number of nitrogens with zero attached hydrogens (tertiary/aromatic N) is 1. The molecule has 1 atom stereocenters. The van der Waals surface area contributed by atoms with Crippen molar-refractivity contribution >= 4 is 21.8 Å². The minimum absolute atomic E-state index is 0.0501. The van der Waals surface area contributed by atoms with Crippen molar-refractivity contribution in [3.63, 3.8) is 0 Å². The summed E-state index contributed by atoms with van der Waals surface area (Å²) in [5, 5.41) is 5.74. The van der Waals surface area contributed by atoms with Crippen LogP contribution in [-0.4, -0.2) is 62.9 Å². The molecule has 2 amide bonds. The van der Waals surface area contributed by atoms with E-state index in [0.717, 1.165) is 18.4 Å². The predicted octanol–water partition coefficient (Wildman–Crippen LogP) is 1.33. The number of nitrogens with one attached hydrogen (secondary N) is 2. The van der Waals surface area contributed by atoms with Gasteiger partial charge in [-0.05, 0) is 36.6 Å². The Labute approximate surface area is 188 Å². The van der Waals surface area contributed by atoms with E-state index in [0.29, 0.717) is 19.6 Å². The zero-order chi connectivity index (χ0) is 22.6. The van der Waals surface area contributed by atoms with Gasteiger partial charge in [0, 0.05) is 31.1 Å². The van der Waals surface area contributed by atoms with E-state index < -0.39 is 22.0 Å². The lowest BCUT2D eigenvalue weighted by molar-refractivity contribution is -0.123. The maximum atomic E-state index is 13.0. The van der Waals surface area contributed by atoms with Crippen molar-refractivity contribution in [1.82, 2.24) is 14.9 Å². The van der Waals surface area contributed by atoms with Crippen molar-refractivity contribution < 1.29 is 22.7 Å². The first-order valence-electron chi connectivity index (χ1n) is 10.8. The lowest BCUT2D eigenvalue weighted by Crippen LogP contribution is -2.48. The Bertz CT molecular complexity index is 1060. The van der Waals surface area contributed by atoms with Crippen molar-refractivity contribution in [3.05, 3.63) is 65.7 Å². The van der Waals surface area contributed by atoms with Crippen molar-refractivity contribution in [2.75, 3.05) is 26.3 Å². The van der Waals surface area contributed by atoms with Crippen LogP contribution in [0, 0.1) is 0 Å². The Hall–Kier alpha value is -2.75. The van der Waals surface area contributed by atoms with Crippen molar-refractivity contribution in [1.29, 1.82) is 0 Å². The standard InChI is InChI=1S/C23H27N3O5S/c27-22(18-7-4-8-20(16-18)32(29,30)26-11-13-31-14-12-26)25-21(23(28)24-19-9-10-19)15-17-5-2-1-3-6-17/h1-8,16,19,21H,9-15H2,(H,24,28)(H,25,27). The molecule has 170 valence electrons. The molecule has 1 saturated heterocycles. The van der Waals surface area contributed by atoms with Gasteiger partial charge in [0.2, 0.25) is 15.9 Å². The smallest absolute Gasteiger partial charge is 0.251 e. The first-order chi connectivity index (χ1) is 15.4. The summed E-state index contributed by atoms with van der Waals surface area (Å²) in [7, 11) is -3.72. The topological polar surface area (TPSA) is 105 Å². The van der Waals surface area contributed by atoms with Crippen LogP contribution in [0.1, 0.15) is 28.8 Å². The van der Waals surface area contributed by atoms with Crippen LogP contribution in [0.15, 0.2) is 59.5 Å². The number of morpholine rings is 1. The highest BCUT2D eigenvalue weighted by atomic mass is 32.2. The summed E-state index contributed by atoms with van der Waals surface area (Å²) in [6.07, 6.45) is 2.23. The summed E-state index contributed by atoms with van der Waals surface area (Å²) in [5.41, 5.74) is 1.11. The summed E-state index contributed by atoms with van der Waals surface area (Å²) in [5.74, 6) is -0.724. The van der Waals surface area contributed by atoms with Crippen LogP contribution in [0.4, 0.5) is 0 Å². The van der Waals surface area contributed by atoms with E-state index >= 15 is 0 Å².